The maximum absolute atomic E-state index is 11.8. The van der Waals surface area contributed by atoms with Crippen molar-refractivity contribution in [3.05, 3.63) is 33.8 Å². The predicted octanol–water partition coefficient (Wildman–Crippen LogP) is 1.70. The summed E-state index contributed by atoms with van der Waals surface area (Å²) < 4.78 is 4.57. The highest BCUT2D eigenvalue weighted by Crippen LogP contribution is 2.19. The summed E-state index contributed by atoms with van der Waals surface area (Å²) >= 11 is 3.48. The summed E-state index contributed by atoms with van der Waals surface area (Å²) in [6.07, 6.45) is 2.26. The first-order valence-electron chi connectivity index (χ1n) is 6.42. The number of nitrogens with zero attached hydrogens (tertiary/aromatic N) is 4. The fourth-order valence-electron chi connectivity index (χ4n) is 1.94. The first kappa shape index (κ1) is 14.8. The van der Waals surface area contributed by atoms with Gasteiger partial charge in [-0.25, -0.2) is 0 Å². The highest BCUT2D eigenvalue weighted by molar-refractivity contribution is 9.10. The minimum absolute atomic E-state index is 0.000622. The topological polar surface area (TPSA) is 64.7 Å². The largest absolute Gasteiger partial charge is 0.350 e. The Kier molecular flexibility index (Phi) is 4.59. The quantitative estimate of drug-likeness (QED) is 0.901. The number of halogens is 1. The fourth-order valence-corrected chi connectivity index (χ4v) is 2.22. The van der Waals surface area contributed by atoms with Crippen LogP contribution < -0.4 is 5.32 Å². The highest BCUT2D eigenvalue weighted by Gasteiger charge is 2.10. The van der Waals surface area contributed by atoms with E-state index in [0.717, 1.165) is 21.6 Å². The second-order valence-corrected chi connectivity index (χ2v) is 5.51. The average Bonchev–Trinajstić information content (AvgIpc) is 2.93. The Morgan fingerprint density at radius 2 is 2.15 bits per heavy atom. The zero-order valence-electron chi connectivity index (χ0n) is 11.9. The third-order valence-corrected chi connectivity index (χ3v) is 4.23. The zero-order valence-corrected chi connectivity index (χ0v) is 13.4. The van der Waals surface area contributed by atoms with Crippen molar-refractivity contribution < 1.29 is 4.79 Å². The lowest BCUT2D eigenvalue weighted by atomic mass is 10.3. The lowest BCUT2D eigenvalue weighted by Gasteiger charge is -2.05. The minimum atomic E-state index is -0.000622. The molecule has 0 atom stereocenters. The third kappa shape index (κ3) is 3.47. The number of aromatic nitrogens is 4. The number of aryl methyl sites for hydroxylation is 3. The molecule has 7 heteroatoms. The van der Waals surface area contributed by atoms with Crippen molar-refractivity contribution in [2.75, 3.05) is 0 Å². The van der Waals surface area contributed by atoms with E-state index in [2.05, 4.69) is 31.4 Å². The molecule has 0 saturated carbocycles. The molecular weight excluding hydrogens is 322 g/mol. The van der Waals surface area contributed by atoms with E-state index in [4.69, 9.17) is 0 Å². The molecule has 0 aromatic carbocycles. The monoisotopic (exact) mass is 339 g/mol. The highest BCUT2D eigenvalue weighted by atomic mass is 79.9. The molecule has 6 nitrogen and oxygen atoms in total. The van der Waals surface area contributed by atoms with Gasteiger partial charge in [-0.3, -0.25) is 14.2 Å². The molecule has 2 aromatic heterocycles. The van der Waals surface area contributed by atoms with Gasteiger partial charge in [-0.2, -0.15) is 10.2 Å². The van der Waals surface area contributed by atoms with Crippen molar-refractivity contribution in [1.29, 1.82) is 0 Å². The molecule has 0 bridgehead atoms. The van der Waals surface area contributed by atoms with Crippen LogP contribution in [0, 0.1) is 13.8 Å². The number of rotatable bonds is 5. The van der Waals surface area contributed by atoms with Crippen LogP contribution in [0.1, 0.15) is 23.5 Å². The van der Waals surface area contributed by atoms with Crippen molar-refractivity contribution in [3.8, 4) is 0 Å². The van der Waals surface area contributed by atoms with Gasteiger partial charge < -0.3 is 5.32 Å². The molecule has 0 radical (unpaired) electrons. The van der Waals surface area contributed by atoms with Crippen LogP contribution in [0.25, 0.3) is 0 Å². The second kappa shape index (κ2) is 6.21. The Bertz CT molecular complexity index is 616. The van der Waals surface area contributed by atoms with E-state index in [1.165, 1.54) is 0 Å². The van der Waals surface area contributed by atoms with Crippen LogP contribution in [-0.4, -0.2) is 25.5 Å². The molecule has 0 aliphatic rings. The van der Waals surface area contributed by atoms with Gasteiger partial charge in [-0.1, -0.05) is 0 Å². The summed E-state index contributed by atoms with van der Waals surface area (Å²) in [4.78, 5) is 11.8. The van der Waals surface area contributed by atoms with Gasteiger partial charge in [-0.15, -0.1) is 0 Å². The number of hydrogen-bond acceptors (Lipinski definition) is 3. The SMILES string of the molecule is Cc1nn(CCC(=O)NCc2ccn(C)n2)c(C)c1Br. The van der Waals surface area contributed by atoms with Crippen molar-refractivity contribution in [2.45, 2.75) is 33.4 Å². The van der Waals surface area contributed by atoms with Gasteiger partial charge in [0.05, 0.1) is 29.0 Å². The van der Waals surface area contributed by atoms with Crippen molar-refractivity contribution in [2.24, 2.45) is 7.05 Å². The number of hydrogen-bond donors (Lipinski definition) is 1. The van der Waals surface area contributed by atoms with E-state index in [9.17, 15) is 4.79 Å². The van der Waals surface area contributed by atoms with Gasteiger partial charge >= 0.3 is 0 Å². The maximum Gasteiger partial charge on any atom is 0.222 e. The van der Waals surface area contributed by atoms with E-state index >= 15 is 0 Å². The normalized spacial score (nSPS) is 10.8. The molecule has 20 heavy (non-hydrogen) atoms. The molecule has 1 amide bonds. The lowest BCUT2D eigenvalue weighted by molar-refractivity contribution is -0.121. The van der Waals surface area contributed by atoms with E-state index in [-0.39, 0.29) is 5.91 Å². The first-order chi connectivity index (χ1) is 9.47. The van der Waals surface area contributed by atoms with Crippen molar-refractivity contribution >= 4 is 21.8 Å². The van der Waals surface area contributed by atoms with Gasteiger partial charge in [0.2, 0.25) is 5.91 Å². The Balaban J connectivity index is 1.81. The Morgan fingerprint density at radius 3 is 2.70 bits per heavy atom. The predicted molar refractivity (Wildman–Crippen MR) is 79.1 cm³/mol. The van der Waals surface area contributed by atoms with Crippen LogP contribution in [0.3, 0.4) is 0 Å². The van der Waals surface area contributed by atoms with Crippen LogP contribution in [0.15, 0.2) is 16.7 Å². The van der Waals surface area contributed by atoms with E-state index in [1.807, 2.05) is 37.8 Å². The average molecular weight is 340 g/mol. The molecule has 1 N–H and O–H groups in total. The summed E-state index contributed by atoms with van der Waals surface area (Å²) in [7, 11) is 1.85. The van der Waals surface area contributed by atoms with Crippen LogP contribution in [0.5, 0.6) is 0 Å². The molecular formula is C13H18BrN5O. The fraction of sp³-hybridized carbons (Fsp3) is 0.462. The Hall–Kier alpha value is -1.63. The summed E-state index contributed by atoms with van der Waals surface area (Å²) in [5.74, 6) is -0.000622. The van der Waals surface area contributed by atoms with Gasteiger partial charge in [0.15, 0.2) is 0 Å². The van der Waals surface area contributed by atoms with Gasteiger partial charge in [0.25, 0.3) is 0 Å². The minimum Gasteiger partial charge on any atom is -0.350 e. The van der Waals surface area contributed by atoms with Gasteiger partial charge in [0, 0.05) is 25.4 Å². The number of amides is 1. The van der Waals surface area contributed by atoms with Crippen LogP contribution in [0.2, 0.25) is 0 Å². The van der Waals surface area contributed by atoms with E-state index in [1.54, 1.807) is 4.68 Å². The molecule has 0 fully saturated rings. The van der Waals surface area contributed by atoms with Gasteiger partial charge in [0.1, 0.15) is 0 Å². The summed E-state index contributed by atoms with van der Waals surface area (Å²) in [5.41, 5.74) is 2.84. The molecule has 2 heterocycles. The lowest BCUT2D eigenvalue weighted by Crippen LogP contribution is -2.24. The summed E-state index contributed by atoms with van der Waals surface area (Å²) in [5, 5.41) is 11.4. The van der Waals surface area contributed by atoms with Crippen molar-refractivity contribution in [1.82, 2.24) is 24.9 Å². The zero-order chi connectivity index (χ0) is 14.7. The van der Waals surface area contributed by atoms with Crippen LogP contribution >= 0.6 is 15.9 Å². The first-order valence-corrected chi connectivity index (χ1v) is 7.21. The Labute approximate surface area is 126 Å². The summed E-state index contributed by atoms with van der Waals surface area (Å²) in [6.45, 7) is 4.96. The smallest absolute Gasteiger partial charge is 0.222 e. The number of nitrogens with one attached hydrogen (secondary N) is 1. The van der Waals surface area contributed by atoms with E-state index in [0.29, 0.717) is 19.5 Å². The maximum atomic E-state index is 11.8. The van der Waals surface area contributed by atoms with Crippen LogP contribution in [-0.2, 0) is 24.9 Å². The second-order valence-electron chi connectivity index (χ2n) is 4.72. The molecule has 2 aromatic rings. The standard InChI is InChI=1S/C13H18BrN5O/c1-9-13(14)10(2)19(16-9)7-5-12(20)15-8-11-4-6-18(3)17-11/h4,6H,5,7-8H2,1-3H3,(H,15,20). The van der Waals surface area contributed by atoms with Gasteiger partial charge in [-0.05, 0) is 35.8 Å². The number of carbonyl (C=O) groups is 1. The molecule has 0 spiro atoms. The molecule has 0 unspecified atom stereocenters. The molecule has 2 rings (SSSR count). The van der Waals surface area contributed by atoms with Crippen molar-refractivity contribution in [3.63, 3.8) is 0 Å². The number of carbonyl (C=O) groups excluding carboxylic acids is 1. The van der Waals surface area contributed by atoms with Crippen LogP contribution in [0.4, 0.5) is 0 Å². The summed E-state index contributed by atoms with van der Waals surface area (Å²) in [6, 6.07) is 1.89. The third-order valence-electron chi connectivity index (χ3n) is 3.08. The Morgan fingerprint density at radius 1 is 1.40 bits per heavy atom. The van der Waals surface area contributed by atoms with E-state index < -0.39 is 0 Å². The molecule has 108 valence electrons. The molecule has 0 saturated heterocycles. The molecule has 0 aliphatic heterocycles. The molecule has 0 aliphatic carbocycles.